The summed E-state index contributed by atoms with van der Waals surface area (Å²) in [6.07, 6.45) is 0.359. The quantitative estimate of drug-likeness (QED) is 0.891. The first-order valence-electron chi connectivity index (χ1n) is 7.07. The molecule has 0 aliphatic heterocycles. The molecule has 116 valence electrons. The van der Waals surface area contributed by atoms with E-state index in [2.05, 4.69) is 5.32 Å². The summed E-state index contributed by atoms with van der Waals surface area (Å²) < 4.78 is 5.52. The van der Waals surface area contributed by atoms with Gasteiger partial charge in [-0.1, -0.05) is 12.1 Å². The van der Waals surface area contributed by atoms with Gasteiger partial charge in [-0.3, -0.25) is 9.59 Å². The molecule has 0 saturated heterocycles. The Labute approximate surface area is 129 Å². The third-order valence-electron chi connectivity index (χ3n) is 3.00. The lowest BCUT2D eigenvalue weighted by atomic mass is 10.1. The van der Waals surface area contributed by atoms with Gasteiger partial charge in [-0.2, -0.15) is 0 Å². The van der Waals surface area contributed by atoms with Crippen molar-refractivity contribution < 1.29 is 14.0 Å². The fourth-order valence-corrected chi connectivity index (χ4v) is 2.14. The van der Waals surface area contributed by atoms with Gasteiger partial charge in [-0.15, -0.1) is 0 Å². The zero-order valence-electron chi connectivity index (χ0n) is 13.1. The number of nitrogens with one attached hydrogen (secondary N) is 1. The molecule has 1 aromatic carbocycles. The Morgan fingerprint density at radius 2 is 1.95 bits per heavy atom. The van der Waals surface area contributed by atoms with Crippen LogP contribution in [0.2, 0.25) is 0 Å². The van der Waals surface area contributed by atoms with E-state index in [1.54, 1.807) is 31.2 Å². The standard InChI is InChI=1S/C17H20N2O3/c1-12(20)9-13-5-4-6-14(10-13)18-17(21)16-8-7-15(22-16)11-19(2)3/h4-8,10H,9,11H2,1-3H3,(H,18,21). The maximum absolute atomic E-state index is 12.2. The Balaban J connectivity index is 2.05. The number of carbonyl (C=O) groups is 2. The van der Waals surface area contributed by atoms with E-state index < -0.39 is 0 Å². The molecule has 0 aliphatic carbocycles. The molecule has 0 unspecified atom stereocenters. The molecule has 0 bridgehead atoms. The second-order valence-corrected chi connectivity index (χ2v) is 5.54. The monoisotopic (exact) mass is 300 g/mol. The average molecular weight is 300 g/mol. The number of rotatable bonds is 6. The third-order valence-corrected chi connectivity index (χ3v) is 3.00. The normalized spacial score (nSPS) is 10.7. The van der Waals surface area contributed by atoms with Gasteiger partial charge in [0.25, 0.3) is 5.91 Å². The van der Waals surface area contributed by atoms with Gasteiger partial charge in [0.05, 0.1) is 6.54 Å². The summed E-state index contributed by atoms with van der Waals surface area (Å²) in [6.45, 7) is 2.18. The molecule has 1 N–H and O–H groups in total. The Bertz CT molecular complexity index is 674. The van der Waals surface area contributed by atoms with E-state index in [1.807, 2.05) is 31.1 Å². The topological polar surface area (TPSA) is 62.6 Å². The maximum atomic E-state index is 12.2. The summed E-state index contributed by atoms with van der Waals surface area (Å²) in [4.78, 5) is 25.3. The van der Waals surface area contributed by atoms with Crippen LogP contribution in [-0.2, 0) is 17.8 Å². The van der Waals surface area contributed by atoms with Gasteiger partial charge in [0.15, 0.2) is 5.76 Å². The number of Topliss-reactive ketones (excluding diaryl/α,β-unsaturated/α-hetero) is 1. The molecular formula is C17H20N2O3. The third kappa shape index (κ3) is 4.56. The van der Waals surface area contributed by atoms with Crippen LogP contribution in [0.5, 0.6) is 0 Å². The van der Waals surface area contributed by atoms with Crippen molar-refractivity contribution in [2.75, 3.05) is 19.4 Å². The summed E-state index contributed by atoms with van der Waals surface area (Å²) in [6, 6.07) is 10.7. The van der Waals surface area contributed by atoms with Crippen LogP contribution in [0.25, 0.3) is 0 Å². The number of carbonyl (C=O) groups excluding carboxylic acids is 2. The zero-order valence-corrected chi connectivity index (χ0v) is 13.1. The molecule has 2 aromatic rings. The second kappa shape index (κ2) is 7.04. The number of hydrogen-bond acceptors (Lipinski definition) is 4. The van der Waals surface area contributed by atoms with Crippen LogP contribution in [0, 0.1) is 0 Å². The lowest BCUT2D eigenvalue weighted by molar-refractivity contribution is -0.116. The van der Waals surface area contributed by atoms with Crippen LogP contribution in [0.3, 0.4) is 0 Å². The molecule has 0 radical (unpaired) electrons. The van der Waals surface area contributed by atoms with Gasteiger partial charge in [-0.25, -0.2) is 0 Å². The van der Waals surface area contributed by atoms with E-state index in [9.17, 15) is 9.59 Å². The largest absolute Gasteiger partial charge is 0.455 e. The Hall–Kier alpha value is -2.40. The van der Waals surface area contributed by atoms with E-state index in [0.29, 0.717) is 18.7 Å². The van der Waals surface area contributed by atoms with Gasteiger partial charge in [0.2, 0.25) is 0 Å². The van der Waals surface area contributed by atoms with Crippen molar-refractivity contribution >= 4 is 17.4 Å². The van der Waals surface area contributed by atoms with Crippen molar-refractivity contribution in [2.24, 2.45) is 0 Å². The van der Waals surface area contributed by atoms with Crippen molar-refractivity contribution in [3.05, 3.63) is 53.5 Å². The first kappa shape index (κ1) is 16.0. The van der Waals surface area contributed by atoms with E-state index >= 15 is 0 Å². The van der Waals surface area contributed by atoms with E-state index in [0.717, 1.165) is 11.3 Å². The van der Waals surface area contributed by atoms with Crippen LogP contribution in [0.15, 0.2) is 40.8 Å². The summed E-state index contributed by atoms with van der Waals surface area (Å²) >= 11 is 0. The highest BCUT2D eigenvalue weighted by Gasteiger charge is 2.12. The Morgan fingerprint density at radius 3 is 2.64 bits per heavy atom. The molecule has 2 rings (SSSR count). The first-order valence-corrected chi connectivity index (χ1v) is 7.07. The minimum atomic E-state index is -0.301. The highest BCUT2D eigenvalue weighted by Crippen LogP contribution is 2.15. The lowest BCUT2D eigenvalue weighted by Crippen LogP contribution is -2.12. The number of anilines is 1. The Morgan fingerprint density at radius 1 is 1.18 bits per heavy atom. The number of hydrogen-bond donors (Lipinski definition) is 1. The summed E-state index contributed by atoms with van der Waals surface area (Å²) in [5, 5.41) is 2.78. The fraction of sp³-hybridized carbons (Fsp3) is 0.294. The molecular weight excluding hydrogens is 280 g/mol. The molecule has 1 aromatic heterocycles. The molecule has 0 fully saturated rings. The van der Waals surface area contributed by atoms with Crippen LogP contribution >= 0.6 is 0 Å². The SMILES string of the molecule is CC(=O)Cc1cccc(NC(=O)c2ccc(CN(C)C)o2)c1. The van der Waals surface area contributed by atoms with Gasteiger partial charge in [0, 0.05) is 12.1 Å². The first-order chi connectivity index (χ1) is 10.4. The maximum Gasteiger partial charge on any atom is 0.291 e. The molecule has 1 amide bonds. The van der Waals surface area contributed by atoms with E-state index in [1.165, 1.54) is 0 Å². The van der Waals surface area contributed by atoms with Crippen LogP contribution < -0.4 is 5.32 Å². The number of amides is 1. The van der Waals surface area contributed by atoms with Crippen molar-refractivity contribution in [1.82, 2.24) is 4.90 Å². The predicted octanol–water partition coefficient (Wildman–Crippen LogP) is 2.73. The molecule has 5 heteroatoms. The highest BCUT2D eigenvalue weighted by molar-refractivity contribution is 6.02. The fourth-order valence-electron chi connectivity index (χ4n) is 2.14. The minimum Gasteiger partial charge on any atom is -0.455 e. The van der Waals surface area contributed by atoms with Gasteiger partial charge >= 0.3 is 0 Å². The second-order valence-electron chi connectivity index (χ2n) is 5.54. The summed E-state index contributed by atoms with van der Waals surface area (Å²) in [5.41, 5.74) is 1.52. The van der Waals surface area contributed by atoms with Crippen molar-refractivity contribution in [3.63, 3.8) is 0 Å². The van der Waals surface area contributed by atoms with Gasteiger partial charge in [0.1, 0.15) is 11.5 Å². The molecule has 0 aliphatic rings. The van der Waals surface area contributed by atoms with E-state index in [4.69, 9.17) is 4.42 Å². The van der Waals surface area contributed by atoms with Gasteiger partial charge < -0.3 is 14.6 Å². The zero-order chi connectivity index (χ0) is 16.1. The van der Waals surface area contributed by atoms with Crippen LogP contribution in [0.1, 0.15) is 28.8 Å². The molecule has 1 heterocycles. The van der Waals surface area contributed by atoms with Crippen molar-refractivity contribution in [3.8, 4) is 0 Å². The van der Waals surface area contributed by atoms with Crippen molar-refractivity contribution in [1.29, 1.82) is 0 Å². The minimum absolute atomic E-state index is 0.0860. The number of benzene rings is 1. The molecule has 22 heavy (non-hydrogen) atoms. The molecule has 0 spiro atoms. The van der Waals surface area contributed by atoms with E-state index in [-0.39, 0.29) is 17.5 Å². The number of nitrogens with zero attached hydrogens (tertiary/aromatic N) is 1. The Kier molecular flexibility index (Phi) is 5.12. The van der Waals surface area contributed by atoms with Crippen LogP contribution in [0.4, 0.5) is 5.69 Å². The number of ketones is 1. The molecule has 5 nitrogen and oxygen atoms in total. The number of furan rings is 1. The highest BCUT2D eigenvalue weighted by atomic mass is 16.4. The van der Waals surface area contributed by atoms with Gasteiger partial charge in [-0.05, 0) is 50.8 Å². The smallest absolute Gasteiger partial charge is 0.291 e. The molecule has 0 atom stereocenters. The van der Waals surface area contributed by atoms with Crippen LogP contribution in [-0.4, -0.2) is 30.7 Å². The summed E-state index contributed by atoms with van der Waals surface area (Å²) in [5.74, 6) is 0.794. The molecule has 0 saturated carbocycles. The lowest BCUT2D eigenvalue weighted by Gasteiger charge is -2.07. The summed E-state index contributed by atoms with van der Waals surface area (Å²) in [7, 11) is 3.87. The predicted molar refractivity (Wildman–Crippen MR) is 84.9 cm³/mol. The van der Waals surface area contributed by atoms with Crippen molar-refractivity contribution in [2.45, 2.75) is 19.9 Å². The average Bonchev–Trinajstić information content (AvgIpc) is 2.86.